The number of benzene rings is 1. The summed E-state index contributed by atoms with van der Waals surface area (Å²) in [7, 11) is 3.85. The van der Waals surface area contributed by atoms with Gasteiger partial charge in [0, 0.05) is 38.7 Å². The van der Waals surface area contributed by atoms with Crippen molar-refractivity contribution in [3.05, 3.63) is 30.1 Å². The second-order valence-electron chi connectivity index (χ2n) is 5.12. The van der Waals surface area contributed by atoms with Gasteiger partial charge in [-0.05, 0) is 32.3 Å². The second-order valence-corrected chi connectivity index (χ2v) is 5.12. The Kier molecular flexibility index (Phi) is 6.81. The van der Waals surface area contributed by atoms with Crippen LogP contribution in [0.4, 0.5) is 10.1 Å². The average molecular weight is 295 g/mol. The molecule has 0 atom stereocenters. The highest BCUT2D eigenvalue weighted by molar-refractivity contribution is 5.91. The Bertz CT molecular complexity index is 492. The molecule has 1 aromatic rings. The monoisotopic (exact) mass is 295 g/mol. The van der Waals surface area contributed by atoms with Crippen LogP contribution < -0.4 is 5.32 Å². The Hall–Kier alpha value is -1.95. The van der Waals surface area contributed by atoms with E-state index in [0.29, 0.717) is 18.8 Å². The number of hydrogen-bond acceptors (Lipinski definition) is 3. The molecule has 116 valence electrons. The second kappa shape index (κ2) is 8.36. The first-order valence-electron chi connectivity index (χ1n) is 6.84. The maximum absolute atomic E-state index is 13.0. The molecular weight excluding hydrogens is 273 g/mol. The van der Waals surface area contributed by atoms with E-state index in [1.54, 1.807) is 11.0 Å². The Morgan fingerprint density at radius 3 is 2.48 bits per heavy atom. The molecule has 21 heavy (non-hydrogen) atoms. The summed E-state index contributed by atoms with van der Waals surface area (Å²) in [6.07, 6.45) is 0.184. The quantitative estimate of drug-likeness (QED) is 0.830. The van der Waals surface area contributed by atoms with Gasteiger partial charge in [-0.25, -0.2) is 4.39 Å². The van der Waals surface area contributed by atoms with Gasteiger partial charge in [-0.3, -0.25) is 9.59 Å². The van der Waals surface area contributed by atoms with Crippen molar-refractivity contribution in [2.45, 2.75) is 13.3 Å². The fourth-order valence-electron chi connectivity index (χ4n) is 1.77. The lowest BCUT2D eigenvalue weighted by atomic mass is 10.3. The molecule has 6 heteroatoms. The van der Waals surface area contributed by atoms with Crippen molar-refractivity contribution in [1.29, 1.82) is 0 Å². The number of nitrogens with zero attached hydrogens (tertiary/aromatic N) is 2. The highest BCUT2D eigenvalue weighted by atomic mass is 19.1. The topological polar surface area (TPSA) is 52.7 Å². The van der Waals surface area contributed by atoms with E-state index in [1.165, 1.54) is 25.1 Å². The van der Waals surface area contributed by atoms with E-state index in [1.807, 2.05) is 19.0 Å². The maximum atomic E-state index is 13.0. The van der Waals surface area contributed by atoms with Crippen molar-refractivity contribution in [3.63, 3.8) is 0 Å². The van der Waals surface area contributed by atoms with Crippen molar-refractivity contribution in [1.82, 2.24) is 9.80 Å². The van der Waals surface area contributed by atoms with Crippen LogP contribution >= 0.6 is 0 Å². The molecule has 0 spiro atoms. The highest BCUT2D eigenvalue weighted by Gasteiger charge is 2.11. The zero-order valence-electron chi connectivity index (χ0n) is 12.7. The van der Waals surface area contributed by atoms with Gasteiger partial charge >= 0.3 is 0 Å². The molecule has 5 nitrogen and oxygen atoms in total. The van der Waals surface area contributed by atoms with Crippen molar-refractivity contribution in [3.8, 4) is 0 Å². The van der Waals surface area contributed by atoms with E-state index in [9.17, 15) is 14.0 Å². The lowest BCUT2D eigenvalue weighted by Gasteiger charge is -2.22. The lowest BCUT2D eigenvalue weighted by molar-refractivity contribution is -0.129. The third-order valence-electron chi connectivity index (χ3n) is 2.98. The normalized spacial score (nSPS) is 10.5. The van der Waals surface area contributed by atoms with Gasteiger partial charge in [0.05, 0.1) is 0 Å². The molecule has 0 saturated carbocycles. The van der Waals surface area contributed by atoms with Gasteiger partial charge in [0.2, 0.25) is 11.8 Å². The van der Waals surface area contributed by atoms with Crippen LogP contribution in [0.5, 0.6) is 0 Å². The lowest BCUT2D eigenvalue weighted by Crippen LogP contribution is -2.37. The third kappa shape index (κ3) is 6.85. The van der Waals surface area contributed by atoms with Crippen molar-refractivity contribution in [2.75, 3.05) is 39.0 Å². The zero-order chi connectivity index (χ0) is 15.8. The largest absolute Gasteiger partial charge is 0.341 e. The molecule has 2 amide bonds. The zero-order valence-corrected chi connectivity index (χ0v) is 12.7. The Morgan fingerprint density at radius 2 is 1.90 bits per heavy atom. The summed E-state index contributed by atoms with van der Waals surface area (Å²) in [4.78, 5) is 26.9. The molecule has 0 bridgehead atoms. The maximum Gasteiger partial charge on any atom is 0.226 e. The minimum Gasteiger partial charge on any atom is -0.341 e. The predicted octanol–water partition coefficient (Wildman–Crippen LogP) is 1.56. The molecule has 0 aromatic heterocycles. The van der Waals surface area contributed by atoms with Gasteiger partial charge < -0.3 is 15.1 Å². The molecule has 1 rings (SSSR count). The molecule has 0 aliphatic heterocycles. The molecule has 0 unspecified atom stereocenters. The number of rotatable bonds is 7. The van der Waals surface area contributed by atoms with Gasteiger partial charge in [0.15, 0.2) is 0 Å². The first-order chi connectivity index (χ1) is 9.88. The summed E-state index contributed by atoms with van der Waals surface area (Å²) in [6.45, 7) is 3.16. The van der Waals surface area contributed by atoms with Crippen LogP contribution in [0.15, 0.2) is 24.3 Å². The van der Waals surface area contributed by atoms with Crippen LogP contribution in [0.2, 0.25) is 0 Å². The number of nitrogens with one attached hydrogen (secondary N) is 1. The first kappa shape index (κ1) is 17.1. The first-order valence-corrected chi connectivity index (χ1v) is 6.84. The Morgan fingerprint density at radius 1 is 1.19 bits per heavy atom. The fraction of sp³-hybridized carbons (Fsp3) is 0.467. The van der Waals surface area contributed by atoms with E-state index < -0.39 is 5.82 Å². The van der Waals surface area contributed by atoms with E-state index >= 15 is 0 Å². The standard InChI is InChI=1S/C15H22FN3O2/c1-12(20)19(10-9-18(2)3)8-7-15(21)17-14-6-4-5-13(16)11-14/h4-6,11H,7-10H2,1-3H3,(H,17,21). The molecule has 0 aliphatic rings. The molecule has 0 saturated heterocycles. The summed E-state index contributed by atoms with van der Waals surface area (Å²) in [5, 5.41) is 2.61. The Labute approximate surface area is 124 Å². The van der Waals surface area contributed by atoms with E-state index in [-0.39, 0.29) is 18.2 Å². The number of carbonyl (C=O) groups is 2. The van der Waals surface area contributed by atoms with Crippen molar-refractivity contribution in [2.24, 2.45) is 0 Å². The summed E-state index contributed by atoms with van der Waals surface area (Å²) in [5.41, 5.74) is 0.419. The molecule has 1 aromatic carbocycles. The fourth-order valence-corrected chi connectivity index (χ4v) is 1.77. The molecule has 0 radical (unpaired) electrons. The van der Waals surface area contributed by atoms with Crippen LogP contribution in [-0.4, -0.2) is 55.3 Å². The van der Waals surface area contributed by atoms with Gasteiger partial charge in [-0.15, -0.1) is 0 Å². The number of likely N-dealkylation sites (N-methyl/N-ethyl adjacent to an activating group) is 1. The van der Waals surface area contributed by atoms with Crippen molar-refractivity contribution < 1.29 is 14.0 Å². The minimum atomic E-state index is -0.399. The number of amides is 2. The number of hydrogen-bond donors (Lipinski definition) is 1. The van der Waals surface area contributed by atoms with E-state index in [4.69, 9.17) is 0 Å². The van der Waals surface area contributed by atoms with E-state index in [2.05, 4.69) is 5.32 Å². The van der Waals surface area contributed by atoms with E-state index in [0.717, 1.165) is 6.54 Å². The molecular formula is C15H22FN3O2. The smallest absolute Gasteiger partial charge is 0.226 e. The van der Waals surface area contributed by atoms with Gasteiger partial charge in [-0.2, -0.15) is 0 Å². The Balaban J connectivity index is 2.44. The summed E-state index contributed by atoms with van der Waals surface area (Å²) >= 11 is 0. The van der Waals surface area contributed by atoms with Crippen LogP contribution in [0.3, 0.4) is 0 Å². The van der Waals surface area contributed by atoms with Gasteiger partial charge in [0.1, 0.15) is 5.82 Å². The highest BCUT2D eigenvalue weighted by Crippen LogP contribution is 2.09. The predicted molar refractivity (Wildman–Crippen MR) is 80.5 cm³/mol. The van der Waals surface area contributed by atoms with Crippen molar-refractivity contribution >= 4 is 17.5 Å². The molecule has 0 aliphatic carbocycles. The van der Waals surface area contributed by atoms with Crippen LogP contribution in [0.25, 0.3) is 0 Å². The number of halogens is 1. The van der Waals surface area contributed by atoms with Gasteiger partial charge in [0.25, 0.3) is 0 Å². The summed E-state index contributed by atoms with van der Waals surface area (Å²) in [5.74, 6) is -0.698. The van der Waals surface area contributed by atoms with Gasteiger partial charge in [-0.1, -0.05) is 6.07 Å². The summed E-state index contributed by atoms with van der Waals surface area (Å²) < 4.78 is 13.0. The van der Waals surface area contributed by atoms with Crippen LogP contribution in [-0.2, 0) is 9.59 Å². The number of anilines is 1. The molecule has 0 fully saturated rings. The minimum absolute atomic E-state index is 0.0598. The average Bonchev–Trinajstić information content (AvgIpc) is 2.37. The van der Waals surface area contributed by atoms with Crippen LogP contribution in [0.1, 0.15) is 13.3 Å². The summed E-state index contributed by atoms with van der Waals surface area (Å²) in [6, 6.07) is 5.72. The molecule has 1 N–H and O–H groups in total. The SMILES string of the molecule is CC(=O)N(CCC(=O)Nc1cccc(F)c1)CCN(C)C. The third-order valence-corrected chi connectivity index (χ3v) is 2.98. The molecule has 0 heterocycles. The van der Waals surface area contributed by atoms with Crippen LogP contribution in [0, 0.1) is 5.82 Å². The number of carbonyl (C=O) groups excluding carboxylic acids is 2.